The average Bonchev–Trinajstić information content (AvgIpc) is 1.45. The van der Waals surface area contributed by atoms with Crippen molar-refractivity contribution in [3.05, 3.63) is 257 Å². The molecule has 16 nitrogen and oxygen atoms in total. The molecule has 4 aromatic heterocycles. The fraction of sp³-hybridized carbons (Fsp3) is 0.135. The molecule has 0 fully saturated rings. The third-order valence-corrected chi connectivity index (χ3v) is 20.7. The van der Waals surface area contributed by atoms with Crippen molar-refractivity contribution in [1.82, 2.24) is 18.3 Å². The molecule has 0 saturated heterocycles. The van der Waals surface area contributed by atoms with Gasteiger partial charge in [-0.15, -0.1) is 18.3 Å². The fourth-order valence-corrected chi connectivity index (χ4v) is 17.1. The Bertz CT molecular complexity index is 6380. The Labute approximate surface area is 510 Å². The Kier molecular flexibility index (Phi) is 7.54. The minimum absolute atomic E-state index is 0.906. The van der Waals surface area contributed by atoms with Gasteiger partial charge in [-0.1, -0.05) is 133 Å². The molecule has 0 N–H and O–H groups in total. The van der Waals surface area contributed by atoms with Crippen LogP contribution in [0.2, 0.25) is 0 Å². The van der Waals surface area contributed by atoms with E-state index >= 15 is 0 Å². The Morgan fingerprint density at radius 3 is 0.878 bits per heavy atom. The number of aliphatic imine (C=N–C) groups is 4. The number of benzene rings is 8. The molecule has 0 amide bonds. The maximum absolute atomic E-state index is 5.53. The molecular formula is C74H48N16+4. The van der Waals surface area contributed by atoms with E-state index in [1.54, 1.807) is 0 Å². The summed E-state index contributed by atoms with van der Waals surface area (Å²) in [6, 6.07) is 53.2. The normalized spacial score (nSPS) is 20.1. The molecule has 0 radical (unpaired) electrons. The monoisotopic (exact) mass is 1160 g/mol. The van der Waals surface area contributed by atoms with Gasteiger partial charge in [-0.25, -0.2) is 0 Å². The van der Waals surface area contributed by atoms with Gasteiger partial charge in [0, 0.05) is 43.1 Å². The topological polar surface area (TPSA) is 131 Å². The van der Waals surface area contributed by atoms with E-state index in [1.807, 2.05) is 0 Å². The summed E-state index contributed by atoms with van der Waals surface area (Å²) in [6.07, 6.45) is 0. The quantitative estimate of drug-likeness (QED) is 0.134. The summed E-state index contributed by atoms with van der Waals surface area (Å²) < 4.78 is 18.9. The number of aryl methyl sites for hydroxylation is 8. The Balaban J connectivity index is 0.000000116. The van der Waals surface area contributed by atoms with Crippen LogP contribution >= 0.6 is 0 Å². The standard InChI is InChI=1S/2C37H24N8/c1-17-5-9-21-25(13-17)33-39-31-23-11-7-18(2)14-26(23)34-40-32-24-12-8-20(4)16-28(24)36-41-35-27-15-19(3)6-10-22(27)30-38-29(21)42(33)37(43(30)35,44(31)34)45(32)36;1-17-5-9-21-25(13-17)33-40-34-26-14-18(2)6-10-22(26)31-39-32-24-12-8-20(4)16-28(24)36-41-35-27-15-19(3)7-11-23(27)30-38-29(21)42(33)37(43(31)34,44(30)35)45(32)36/h2*5-16H,1-4H3/q2*+2. The summed E-state index contributed by atoms with van der Waals surface area (Å²) in [4.78, 5) is 44.1. The molecule has 12 aliphatic heterocycles. The zero-order chi connectivity index (χ0) is 59.3. The number of fused-ring (bicyclic) bond motifs is 24. The van der Waals surface area contributed by atoms with Crippen LogP contribution < -0.4 is 22.0 Å². The average molecular weight is 1160 g/mol. The van der Waals surface area contributed by atoms with Crippen LogP contribution in [0, 0.1) is 55.4 Å². The second-order valence-corrected chi connectivity index (χ2v) is 26.3. The molecule has 12 aromatic rings. The highest BCUT2D eigenvalue weighted by atomic mass is 15.7. The molecule has 2 atom stereocenters. The van der Waals surface area contributed by atoms with E-state index in [9.17, 15) is 0 Å². The predicted molar refractivity (Wildman–Crippen MR) is 345 cm³/mol. The van der Waals surface area contributed by atoms with Crippen molar-refractivity contribution in [2.75, 3.05) is 0 Å². The minimum Gasteiger partial charge on any atom is -0.192 e. The minimum atomic E-state index is -0.947. The Hall–Kier alpha value is -11.5. The van der Waals surface area contributed by atoms with Crippen LogP contribution in [0.1, 0.15) is 89.0 Å². The van der Waals surface area contributed by atoms with E-state index in [4.69, 9.17) is 39.9 Å². The van der Waals surface area contributed by atoms with Crippen LogP contribution in [0.3, 0.4) is 0 Å². The van der Waals surface area contributed by atoms with Gasteiger partial charge in [0.15, 0.2) is 0 Å². The Morgan fingerprint density at radius 1 is 0.233 bits per heavy atom. The molecule has 16 heterocycles. The van der Waals surface area contributed by atoms with E-state index in [-0.39, 0.29) is 0 Å². The van der Waals surface area contributed by atoms with Crippen LogP contribution in [0.5, 0.6) is 0 Å². The van der Waals surface area contributed by atoms with E-state index < -0.39 is 11.8 Å². The van der Waals surface area contributed by atoms with Gasteiger partial charge in [-0.2, -0.15) is 18.3 Å². The summed E-state index contributed by atoms with van der Waals surface area (Å²) in [5.41, 5.74) is 22.0. The molecular weight excluding hydrogens is 1110 g/mol. The molecule has 12 aliphatic rings. The van der Waals surface area contributed by atoms with Crippen LogP contribution in [-0.2, 0) is 11.8 Å². The summed E-state index contributed by atoms with van der Waals surface area (Å²) in [5.74, 6) is 9.00. The van der Waals surface area contributed by atoms with Crippen molar-refractivity contribution in [3.8, 4) is 0 Å². The van der Waals surface area contributed by atoms with Crippen molar-refractivity contribution >= 4 is 113 Å². The summed E-state index contributed by atoms with van der Waals surface area (Å²) >= 11 is 0. The van der Waals surface area contributed by atoms with E-state index in [1.165, 1.54) is 44.5 Å². The van der Waals surface area contributed by atoms with Crippen molar-refractivity contribution in [2.24, 2.45) is 39.9 Å². The number of hydrogen-bond donors (Lipinski definition) is 0. The maximum atomic E-state index is 5.53. The lowest BCUT2D eigenvalue weighted by Crippen LogP contribution is -2.71. The van der Waals surface area contributed by atoms with Gasteiger partial charge >= 0.3 is 11.8 Å². The summed E-state index contributed by atoms with van der Waals surface area (Å²) in [5, 5.41) is 8.79. The van der Waals surface area contributed by atoms with Crippen molar-refractivity contribution in [2.45, 2.75) is 67.2 Å². The third kappa shape index (κ3) is 4.83. The molecule has 2 unspecified atom stereocenters. The smallest absolute Gasteiger partial charge is 0.192 e. The van der Waals surface area contributed by atoms with Crippen molar-refractivity contribution < 1.29 is 18.3 Å². The number of hydrogen-bond acceptors (Lipinski definition) is 8. The van der Waals surface area contributed by atoms with Gasteiger partial charge in [0.2, 0.25) is 45.2 Å². The molecule has 420 valence electrons. The predicted octanol–water partition coefficient (Wildman–Crippen LogP) is 9.88. The second kappa shape index (κ2) is 14.6. The van der Waals surface area contributed by atoms with Gasteiger partial charge in [0.1, 0.15) is 0 Å². The summed E-state index contributed by atoms with van der Waals surface area (Å²) in [6.45, 7) is 17.2. The number of amidine groups is 8. The highest BCUT2D eigenvalue weighted by molar-refractivity contribution is 6.23. The highest BCUT2D eigenvalue weighted by Gasteiger charge is 2.72. The maximum Gasteiger partial charge on any atom is 0.404 e. The molecule has 0 saturated carbocycles. The van der Waals surface area contributed by atoms with Gasteiger partial charge < -0.3 is 0 Å². The van der Waals surface area contributed by atoms with E-state index in [0.29, 0.717) is 0 Å². The number of aromatic nitrogens is 4. The molecule has 8 aromatic carbocycles. The first-order chi connectivity index (χ1) is 43.9. The lowest BCUT2D eigenvalue weighted by atomic mass is 10.0. The fourth-order valence-electron chi connectivity index (χ4n) is 17.1. The lowest BCUT2D eigenvalue weighted by molar-refractivity contribution is -0.791. The molecule has 2 spiro atoms. The zero-order valence-corrected chi connectivity index (χ0v) is 50.0. The van der Waals surface area contributed by atoms with Crippen molar-refractivity contribution in [1.29, 1.82) is 0 Å². The molecule has 0 bridgehead atoms. The van der Waals surface area contributed by atoms with Gasteiger partial charge in [-0.05, 0) is 152 Å². The SMILES string of the molecule is Cc1ccc2c(c1)C1=Nc3c4cc(C)ccc4c4n3C35n6c(c7ccc(C)cc7c6=NC6=[N+]3C(=N4)c3ccc(C)cc36)=NC2=[N+]15.Cc1ccc2c(c1)C1=Nc3c4ccc(C)cc4c4n3C35n6c(c7ccc(C)cc7c6=NC6=[N+]3C(=N4)c3ccc(C)cc36)=NC2=[N+]15. The zero-order valence-electron chi connectivity index (χ0n) is 50.0. The van der Waals surface area contributed by atoms with Crippen LogP contribution in [-0.4, -0.2) is 83.3 Å². The highest BCUT2D eigenvalue weighted by Crippen LogP contribution is 2.55. The van der Waals surface area contributed by atoms with Crippen LogP contribution in [0.25, 0.3) is 43.1 Å². The number of nitrogens with zero attached hydrogens (tertiary/aromatic N) is 16. The third-order valence-electron chi connectivity index (χ3n) is 20.7. The number of rotatable bonds is 0. The van der Waals surface area contributed by atoms with E-state index in [2.05, 4.69) is 238 Å². The van der Waals surface area contributed by atoms with Crippen LogP contribution in [0.15, 0.2) is 186 Å². The molecule has 16 heteroatoms. The van der Waals surface area contributed by atoms with Gasteiger partial charge in [0.25, 0.3) is 46.7 Å². The first-order valence-electron chi connectivity index (χ1n) is 30.8. The molecule has 90 heavy (non-hydrogen) atoms. The summed E-state index contributed by atoms with van der Waals surface area (Å²) in [7, 11) is 0. The van der Waals surface area contributed by atoms with E-state index in [0.717, 1.165) is 180 Å². The Morgan fingerprint density at radius 2 is 0.500 bits per heavy atom. The molecule has 24 rings (SSSR count). The largest absolute Gasteiger partial charge is 0.404 e. The first-order valence-corrected chi connectivity index (χ1v) is 30.8. The van der Waals surface area contributed by atoms with Gasteiger partial charge in [-0.3, -0.25) is 0 Å². The van der Waals surface area contributed by atoms with Crippen LogP contribution in [0.4, 0.5) is 23.3 Å². The second-order valence-electron chi connectivity index (χ2n) is 26.3. The molecule has 0 aliphatic carbocycles. The van der Waals surface area contributed by atoms with Gasteiger partial charge in [0.05, 0.1) is 44.5 Å². The first kappa shape index (κ1) is 46.7. The lowest BCUT2D eigenvalue weighted by Gasteiger charge is -2.40. The van der Waals surface area contributed by atoms with Crippen molar-refractivity contribution in [3.63, 3.8) is 0 Å².